The summed E-state index contributed by atoms with van der Waals surface area (Å²) >= 11 is 0. The number of benzene rings is 2. The number of carbonyl (C=O) groups is 1. The molecule has 3 rings (SSSR count). The standard InChI is InChI=1S/C24H30N4O5S.2ClH/c1-27-14-11-22(12-15-27)33-21-9-7-20(8-10-21)28(34(31,32)17-23(29)30)13-3-5-18-4-2-6-19(16-18)24(25)26;;/h2-10,16,22H,11-15,17H2,1H3,(H3,25,26)(H,29,30);2*1H/b5-3+;;. The number of nitrogens with one attached hydrogen (secondary N) is 1. The molecular weight excluding hydrogens is 527 g/mol. The Morgan fingerprint density at radius 3 is 2.42 bits per heavy atom. The van der Waals surface area contributed by atoms with Crippen LogP contribution >= 0.6 is 24.8 Å². The molecule has 4 N–H and O–H groups in total. The number of carboxylic acids is 1. The van der Waals surface area contributed by atoms with E-state index in [-0.39, 0.29) is 43.3 Å². The molecule has 0 atom stereocenters. The topological polar surface area (TPSA) is 137 Å². The van der Waals surface area contributed by atoms with Crippen molar-refractivity contribution in [2.24, 2.45) is 5.73 Å². The quantitative estimate of drug-likeness (QED) is 0.300. The summed E-state index contributed by atoms with van der Waals surface area (Å²) < 4.78 is 32.7. The Labute approximate surface area is 224 Å². The molecule has 2 aromatic carbocycles. The fourth-order valence-electron chi connectivity index (χ4n) is 3.69. The second kappa shape index (κ2) is 14.1. The maximum atomic E-state index is 12.8. The predicted molar refractivity (Wildman–Crippen MR) is 147 cm³/mol. The van der Waals surface area contributed by atoms with Gasteiger partial charge in [-0.3, -0.25) is 14.5 Å². The summed E-state index contributed by atoms with van der Waals surface area (Å²) in [6.45, 7) is 1.87. The molecule has 0 amide bonds. The molecule has 1 saturated heterocycles. The van der Waals surface area contributed by atoms with Gasteiger partial charge < -0.3 is 20.5 Å². The van der Waals surface area contributed by atoms with E-state index < -0.39 is 21.7 Å². The van der Waals surface area contributed by atoms with Crippen molar-refractivity contribution < 1.29 is 23.1 Å². The summed E-state index contributed by atoms with van der Waals surface area (Å²) in [5, 5.41) is 16.6. The number of rotatable bonds is 10. The summed E-state index contributed by atoms with van der Waals surface area (Å²) in [6, 6.07) is 13.6. The van der Waals surface area contributed by atoms with E-state index in [0.29, 0.717) is 17.0 Å². The van der Waals surface area contributed by atoms with E-state index in [0.717, 1.165) is 35.8 Å². The smallest absolute Gasteiger partial charge is 0.320 e. The van der Waals surface area contributed by atoms with Crippen LogP contribution < -0.4 is 14.8 Å². The lowest BCUT2D eigenvalue weighted by molar-refractivity contribution is -0.134. The van der Waals surface area contributed by atoms with Crippen molar-refractivity contribution in [2.75, 3.05) is 36.7 Å². The first kappa shape index (κ1) is 31.2. The van der Waals surface area contributed by atoms with Crippen LogP contribution in [-0.4, -0.2) is 68.8 Å². The highest BCUT2D eigenvalue weighted by atomic mass is 35.5. The summed E-state index contributed by atoms with van der Waals surface area (Å²) in [5.74, 6) is -1.87. The van der Waals surface area contributed by atoms with Crippen LogP contribution in [-0.2, 0) is 14.8 Å². The zero-order valence-electron chi connectivity index (χ0n) is 19.9. The number of anilines is 1. The van der Waals surface area contributed by atoms with Gasteiger partial charge >= 0.3 is 5.97 Å². The summed E-state index contributed by atoms with van der Waals surface area (Å²) in [5.41, 5.74) is 7.16. The largest absolute Gasteiger partial charge is 0.490 e. The summed E-state index contributed by atoms with van der Waals surface area (Å²) in [4.78, 5) is 13.4. The number of carboxylic acid groups (broad SMARTS) is 1. The van der Waals surface area contributed by atoms with Gasteiger partial charge in [-0.2, -0.15) is 0 Å². The van der Waals surface area contributed by atoms with Gasteiger partial charge in [0.1, 0.15) is 17.7 Å². The highest BCUT2D eigenvalue weighted by molar-refractivity contribution is 7.93. The zero-order valence-corrected chi connectivity index (χ0v) is 22.3. The molecule has 0 bridgehead atoms. The van der Waals surface area contributed by atoms with Crippen LogP contribution in [0.4, 0.5) is 5.69 Å². The van der Waals surface area contributed by atoms with Gasteiger partial charge in [0.2, 0.25) is 10.0 Å². The molecule has 0 radical (unpaired) electrons. The molecule has 0 unspecified atom stereocenters. The van der Waals surface area contributed by atoms with E-state index in [4.69, 9.17) is 21.0 Å². The van der Waals surface area contributed by atoms with Gasteiger partial charge in [-0.05, 0) is 55.8 Å². The Morgan fingerprint density at radius 2 is 1.83 bits per heavy atom. The Morgan fingerprint density at radius 1 is 1.19 bits per heavy atom. The molecule has 0 saturated carbocycles. The Kier molecular flexibility index (Phi) is 12.2. The Balaban J connectivity index is 0.00000324. The fourth-order valence-corrected chi connectivity index (χ4v) is 4.92. The zero-order chi connectivity index (χ0) is 24.7. The third kappa shape index (κ3) is 9.02. The highest BCUT2D eigenvalue weighted by Gasteiger charge is 2.25. The third-order valence-electron chi connectivity index (χ3n) is 5.51. The highest BCUT2D eigenvalue weighted by Crippen LogP contribution is 2.25. The van der Waals surface area contributed by atoms with E-state index in [9.17, 15) is 13.2 Å². The third-order valence-corrected chi connectivity index (χ3v) is 7.16. The first-order chi connectivity index (χ1) is 16.1. The van der Waals surface area contributed by atoms with Crippen molar-refractivity contribution >= 4 is 58.4 Å². The lowest BCUT2D eigenvalue weighted by atomic mass is 10.1. The number of amidine groups is 1. The van der Waals surface area contributed by atoms with Crippen LogP contribution in [0.5, 0.6) is 5.75 Å². The monoisotopic (exact) mass is 558 g/mol. The van der Waals surface area contributed by atoms with Crippen LogP contribution in [0.3, 0.4) is 0 Å². The van der Waals surface area contributed by atoms with E-state index in [1.165, 1.54) is 0 Å². The molecule has 36 heavy (non-hydrogen) atoms. The lowest BCUT2D eigenvalue weighted by Gasteiger charge is -2.29. The van der Waals surface area contributed by atoms with Crippen molar-refractivity contribution in [1.29, 1.82) is 5.41 Å². The Bertz CT molecular complexity index is 1150. The number of hydrogen-bond donors (Lipinski definition) is 3. The molecule has 12 heteroatoms. The number of halogens is 2. The molecule has 2 aromatic rings. The molecule has 0 aromatic heterocycles. The van der Waals surface area contributed by atoms with Gasteiger partial charge in [-0.25, -0.2) is 8.42 Å². The minimum atomic E-state index is -4.11. The van der Waals surface area contributed by atoms with Gasteiger partial charge in [-0.15, -0.1) is 24.8 Å². The fraction of sp³-hybridized carbons (Fsp3) is 0.333. The number of sulfonamides is 1. The minimum absolute atomic E-state index is 0. The number of nitrogens with zero attached hydrogens (tertiary/aromatic N) is 2. The maximum Gasteiger partial charge on any atom is 0.320 e. The van der Waals surface area contributed by atoms with Gasteiger partial charge in [0, 0.05) is 18.7 Å². The second-order valence-electron chi connectivity index (χ2n) is 8.24. The van der Waals surface area contributed by atoms with Crippen molar-refractivity contribution in [3.05, 3.63) is 65.7 Å². The summed E-state index contributed by atoms with van der Waals surface area (Å²) in [6.07, 6.45) is 5.29. The predicted octanol–water partition coefficient (Wildman–Crippen LogP) is 3.22. The molecule has 0 spiro atoms. The van der Waals surface area contributed by atoms with Gasteiger partial charge in [0.05, 0.1) is 12.2 Å². The molecule has 0 aliphatic carbocycles. The normalized spacial score (nSPS) is 14.5. The molecule has 1 aliphatic heterocycles. The van der Waals surface area contributed by atoms with Gasteiger partial charge in [0.15, 0.2) is 5.75 Å². The van der Waals surface area contributed by atoms with E-state index in [1.807, 2.05) is 0 Å². The van der Waals surface area contributed by atoms with Crippen LogP contribution in [0.25, 0.3) is 6.08 Å². The average molecular weight is 560 g/mol. The SMILES string of the molecule is CN1CCC(Oc2ccc(N(C/C=C/c3cccc(C(=N)N)c3)S(=O)(=O)CC(=O)O)cc2)CC1.Cl.Cl. The lowest BCUT2D eigenvalue weighted by Crippen LogP contribution is -2.36. The molecule has 1 fully saturated rings. The van der Waals surface area contributed by atoms with Crippen LogP contribution in [0.15, 0.2) is 54.6 Å². The number of hydrogen-bond acceptors (Lipinski definition) is 6. The first-order valence-electron chi connectivity index (χ1n) is 10.9. The number of nitrogen functional groups attached to an aromatic ring is 1. The Hall–Kier alpha value is -2.79. The van der Waals surface area contributed by atoms with Crippen molar-refractivity contribution in [1.82, 2.24) is 4.90 Å². The van der Waals surface area contributed by atoms with E-state index in [2.05, 4.69) is 11.9 Å². The van der Waals surface area contributed by atoms with Crippen molar-refractivity contribution in [3.8, 4) is 5.75 Å². The van der Waals surface area contributed by atoms with Crippen LogP contribution in [0.1, 0.15) is 24.0 Å². The van der Waals surface area contributed by atoms with E-state index >= 15 is 0 Å². The minimum Gasteiger partial charge on any atom is -0.490 e. The number of nitrogens with two attached hydrogens (primary N) is 1. The van der Waals surface area contributed by atoms with E-state index in [1.54, 1.807) is 60.7 Å². The number of likely N-dealkylation sites (tertiary alicyclic amines) is 1. The van der Waals surface area contributed by atoms with Crippen molar-refractivity contribution in [3.63, 3.8) is 0 Å². The van der Waals surface area contributed by atoms with Crippen LogP contribution in [0.2, 0.25) is 0 Å². The maximum absolute atomic E-state index is 12.8. The van der Waals surface area contributed by atoms with Crippen LogP contribution in [0, 0.1) is 5.41 Å². The molecule has 198 valence electrons. The molecule has 1 heterocycles. The molecule has 9 nitrogen and oxygen atoms in total. The second-order valence-corrected chi connectivity index (χ2v) is 10.1. The van der Waals surface area contributed by atoms with Crippen molar-refractivity contribution in [2.45, 2.75) is 18.9 Å². The number of ether oxygens (including phenoxy) is 1. The molecular formula is C24H32Cl2N4O5S. The molecule has 1 aliphatic rings. The number of aliphatic carboxylic acids is 1. The van der Waals surface area contributed by atoms with Gasteiger partial charge in [0.25, 0.3) is 0 Å². The summed E-state index contributed by atoms with van der Waals surface area (Å²) in [7, 11) is -2.04. The van der Waals surface area contributed by atoms with Gasteiger partial charge in [-0.1, -0.05) is 30.4 Å². The number of piperidine rings is 1. The average Bonchev–Trinajstić information content (AvgIpc) is 2.78. The first-order valence-corrected chi connectivity index (χ1v) is 12.5.